The molecular weight excluding hydrogens is 388 g/mol. The second-order valence-corrected chi connectivity index (χ2v) is 7.73. The van der Waals surface area contributed by atoms with Gasteiger partial charge >= 0.3 is 0 Å². The number of nitrogens with zero attached hydrogens (tertiary/aromatic N) is 1. The van der Waals surface area contributed by atoms with Crippen LogP contribution in [-0.2, 0) is 4.74 Å². The molecule has 0 spiro atoms. The number of carbonyl (C=O) groups is 2. The highest BCUT2D eigenvalue weighted by Crippen LogP contribution is 2.35. The second kappa shape index (κ2) is 9.14. The van der Waals surface area contributed by atoms with Gasteiger partial charge in [0.1, 0.15) is 0 Å². The molecule has 5 heteroatoms. The minimum Gasteiger partial charge on any atom is -0.377 e. The molecule has 0 aliphatic carbocycles. The van der Waals surface area contributed by atoms with Crippen LogP contribution in [0, 0.1) is 6.92 Å². The monoisotopic (exact) mass is 414 g/mol. The average Bonchev–Trinajstić information content (AvgIpc) is 2.99. The van der Waals surface area contributed by atoms with Crippen molar-refractivity contribution in [3.63, 3.8) is 0 Å². The lowest BCUT2D eigenvalue weighted by atomic mass is 10.0. The van der Waals surface area contributed by atoms with E-state index < -0.39 is 0 Å². The summed E-state index contributed by atoms with van der Waals surface area (Å²) in [6.07, 6.45) is 1.73. The van der Waals surface area contributed by atoms with Crippen molar-refractivity contribution in [3.8, 4) is 0 Å². The highest BCUT2D eigenvalue weighted by molar-refractivity contribution is 6.08. The Hall–Kier alpha value is -3.44. The van der Waals surface area contributed by atoms with Crippen LogP contribution in [-0.4, -0.2) is 25.5 Å². The lowest BCUT2D eigenvalue weighted by molar-refractivity contribution is 0.0960. The van der Waals surface area contributed by atoms with Crippen LogP contribution in [0.25, 0.3) is 0 Å². The van der Waals surface area contributed by atoms with Gasteiger partial charge in [-0.15, -0.1) is 0 Å². The van der Waals surface area contributed by atoms with Crippen LogP contribution >= 0.6 is 0 Å². The van der Waals surface area contributed by atoms with Crippen molar-refractivity contribution in [3.05, 3.63) is 95.1 Å². The molecule has 0 fully saturated rings. The maximum atomic E-state index is 13.3. The van der Waals surface area contributed by atoms with Crippen molar-refractivity contribution < 1.29 is 14.3 Å². The maximum Gasteiger partial charge on any atom is 0.258 e. The van der Waals surface area contributed by atoms with Gasteiger partial charge in [-0.25, -0.2) is 0 Å². The zero-order valence-electron chi connectivity index (χ0n) is 17.8. The Bertz CT molecular complexity index is 1090. The van der Waals surface area contributed by atoms with Crippen molar-refractivity contribution in [2.24, 2.45) is 0 Å². The Labute approximate surface area is 182 Å². The van der Waals surface area contributed by atoms with Crippen LogP contribution in [0.15, 0.2) is 72.8 Å². The summed E-state index contributed by atoms with van der Waals surface area (Å²) in [6.45, 7) is 2.55. The quantitative estimate of drug-likeness (QED) is 0.624. The van der Waals surface area contributed by atoms with Gasteiger partial charge in [-0.2, -0.15) is 0 Å². The molecule has 0 saturated carbocycles. The van der Waals surface area contributed by atoms with E-state index in [1.165, 1.54) is 0 Å². The van der Waals surface area contributed by atoms with E-state index in [1.807, 2.05) is 54.3 Å². The van der Waals surface area contributed by atoms with Gasteiger partial charge in [0.05, 0.1) is 6.10 Å². The van der Waals surface area contributed by atoms with Gasteiger partial charge in [-0.05, 0) is 61.7 Å². The summed E-state index contributed by atoms with van der Waals surface area (Å²) in [5.74, 6) is -0.217. The van der Waals surface area contributed by atoms with Gasteiger partial charge in [0.15, 0.2) is 0 Å². The first-order valence-electron chi connectivity index (χ1n) is 10.5. The smallest absolute Gasteiger partial charge is 0.258 e. The van der Waals surface area contributed by atoms with Gasteiger partial charge in [-0.3, -0.25) is 9.59 Å². The number of amides is 2. The zero-order chi connectivity index (χ0) is 21.8. The molecule has 0 aromatic heterocycles. The van der Waals surface area contributed by atoms with E-state index in [0.717, 1.165) is 29.7 Å². The van der Waals surface area contributed by atoms with Crippen molar-refractivity contribution in [2.75, 3.05) is 23.9 Å². The molecule has 0 saturated heterocycles. The number of hydrogen-bond donors (Lipinski definition) is 1. The van der Waals surface area contributed by atoms with Gasteiger partial charge in [-0.1, -0.05) is 36.4 Å². The number of aryl methyl sites for hydroxylation is 1. The maximum absolute atomic E-state index is 13.3. The molecule has 5 nitrogen and oxygen atoms in total. The molecule has 0 radical (unpaired) electrons. The average molecular weight is 415 g/mol. The van der Waals surface area contributed by atoms with E-state index in [9.17, 15) is 9.59 Å². The highest BCUT2D eigenvalue weighted by atomic mass is 16.5. The van der Waals surface area contributed by atoms with Crippen LogP contribution < -0.4 is 10.2 Å². The summed E-state index contributed by atoms with van der Waals surface area (Å²) >= 11 is 0. The second-order valence-electron chi connectivity index (χ2n) is 7.73. The summed E-state index contributed by atoms with van der Waals surface area (Å²) in [5.41, 5.74) is 4.73. The van der Waals surface area contributed by atoms with E-state index in [-0.39, 0.29) is 17.9 Å². The van der Waals surface area contributed by atoms with Crippen LogP contribution in [0.3, 0.4) is 0 Å². The molecule has 3 aromatic carbocycles. The number of methoxy groups -OCH3 is 1. The number of ether oxygens (including phenoxy) is 1. The first-order valence-corrected chi connectivity index (χ1v) is 10.5. The normalized spacial score (nSPS) is 15.7. The Kier molecular flexibility index (Phi) is 6.14. The molecule has 31 heavy (non-hydrogen) atoms. The number of hydrogen-bond acceptors (Lipinski definition) is 3. The Morgan fingerprint density at radius 1 is 0.968 bits per heavy atom. The van der Waals surface area contributed by atoms with Crippen LogP contribution in [0.5, 0.6) is 0 Å². The van der Waals surface area contributed by atoms with E-state index in [2.05, 4.69) is 5.32 Å². The Balaban J connectivity index is 1.53. The molecule has 1 atom stereocenters. The molecule has 4 rings (SSSR count). The molecule has 158 valence electrons. The fraction of sp³-hybridized carbons (Fsp3) is 0.231. The number of para-hydroxylation sites is 1. The topological polar surface area (TPSA) is 58.6 Å². The number of anilines is 2. The molecule has 2 amide bonds. The van der Waals surface area contributed by atoms with Gasteiger partial charge < -0.3 is 15.0 Å². The minimum absolute atomic E-state index is 0.00645. The molecule has 1 heterocycles. The van der Waals surface area contributed by atoms with Gasteiger partial charge in [0.2, 0.25) is 0 Å². The molecule has 0 bridgehead atoms. The fourth-order valence-corrected chi connectivity index (χ4v) is 4.05. The van der Waals surface area contributed by atoms with Crippen molar-refractivity contribution in [2.45, 2.75) is 25.9 Å². The Morgan fingerprint density at radius 3 is 2.42 bits per heavy atom. The highest BCUT2D eigenvalue weighted by Gasteiger charge is 2.26. The predicted molar refractivity (Wildman–Crippen MR) is 123 cm³/mol. The first kappa shape index (κ1) is 20.8. The summed E-state index contributed by atoms with van der Waals surface area (Å²) in [7, 11) is 1.71. The zero-order valence-corrected chi connectivity index (χ0v) is 17.8. The van der Waals surface area contributed by atoms with E-state index in [4.69, 9.17) is 4.74 Å². The lowest BCUT2D eigenvalue weighted by Gasteiger charge is -2.24. The van der Waals surface area contributed by atoms with Crippen molar-refractivity contribution in [1.82, 2.24) is 0 Å². The molecule has 1 unspecified atom stereocenters. The molecule has 1 N–H and O–H groups in total. The van der Waals surface area contributed by atoms with Crippen molar-refractivity contribution >= 4 is 23.2 Å². The summed E-state index contributed by atoms with van der Waals surface area (Å²) in [4.78, 5) is 27.7. The number of benzene rings is 3. The lowest BCUT2D eigenvalue weighted by Crippen LogP contribution is -2.31. The number of fused-ring (bicyclic) bond motifs is 1. The van der Waals surface area contributed by atoms with Gasteiger partial charge in [0.25, 0.3) is 11.8 Å². The fourth-order valence-electron chi connectivity index (χ4n) is 4.05. The Morgan fingerprint density at radius 2 is 1.68 bits per heavy atom. The molecular formula is C26H26N2O3. The summed E-state index contributed by atoms with van der Waals surface area (Å²) in [6, 6.07) is 22.4. The van der Waals surface area contributed by atoms with Crippen LogP contribution in [0.1, 0.15) is 50.8 Å². The first-order chi connectivity index (χ1) is 15.1. The SMILES string of the molecule is COC1CCCN(C(=O)c2ccc(NC(=O)c3ccccc3C)cc2)c2ccccc21. The third kappa shape index (κ3) is 4.37. The molecule has 1 aliphatic rings. The number of rotatable bonds is 4. The molecule has 1 aliphatic heterocycles. The third-order valence-electron chi connectivity index (χ3n) is 5.73. The summed E-state index contributed by atoms with van der Waals surface area (Å²) in [5, 5.41) is 2.90. The van der Waals surface area contributed by atoms with Crippen molar-refractivity contribution in [1.29, 1.82) is 0 Å². The van der Waals surface area contributed by atoms with E-state index in [1.54, 1.807) is 37.4 Å². The van der Waals surface area contributed by atoms with E-state index in [0.29, 0.717) is 23.4 Å². The summed E-state index contributed by atoms with van der Waals surface area (Å²) < 4.78 is 5.65. The number of nitrogens with one attached hydrogen (secondary N) is 1. The van der Waals surface area contributed by atoms with E-state index >= 15 is 0 Å². The minimum atomic E-state index is -0.163. The third-order valence-corrected chi connectivity index (χ3v) is 5.73. The van der Waals surface area contributed by atoms with Crippen LogP contribution in [0.4, 0.5) is 11.4 Å². The standard InChI is InChI=1S/C26H26N2O3/c1-18-8-3-4-9-21(18)25(29)27-20-15-13-19(14-16-20)26(30)28-17-7-12-24(31-2)22-10-5-6-11-23(22)28/h3-6,8-11,13-16,24H,7,12,17H2,1-2H3,(H,27,29). The molecule has 3 aromatic rings. The van der Waals surface area contributed by atoms with Gasteiger partial charge in [0, 0.05) is 41.7 Å². The predicted octanol–water partition coefficient (Wildman–Crippen LogP) is 5.38. The largest absolute Gasteiger partial charge is 0.377 e. The van der Waals surface area contributed by atoms with Crippen LogP contribution in [0.2, 0.25) is 0 Å². The number of carbonyl (C=O) groups excluding carboxylic acids is 2.